The molecule has 0 bridgehead atoms. The molecule has 2 heterocycles. The number of aromatic nitrogens is 4. The average molecular weight is 289 g/mol. The third-order valence-electron chi connectivity index (χ3n) is 3.07. The summed E-state index contributed by atoms with van der Waals surface area (Å²) in [6, 6.07) is 0. The number of sulfone groups is 1. The highest BCUT2D eigenvalue weighted by atomic mass is 35.5. The van der Waals surface area contributed by atoms with E-state index in [1.165, 1.54) is 4.52 Å². The van der Waals surface area contributed by atoms with E-state index in [-0.39, 0.29) is 5.82 Å². The first-order chi connectivity index (χ1) is 8.23. The molecule has 0 radical (unpaired) electrons. The van der Waals surface area contributed by atoms with Crippen molar-refractivity contribution in [2.75, 3.05) is 6.26 Å². The van der Waals surface area contributed by atoms with E-state index < -0.39 is 15.1 Å². The highest BCUT2D eigenvalue weighted by Gasteiger charge is 2.25. The third kappa shape index (κ3) is 1.97. The molecule has 0 spiro atoms. The Hall–Kier alpha value is -1.21. The van der Waals surface area contributed by atoms with Crippen molar-refractivity contribution in [2.24, 2.45) is 0 Å². The van der Waals surface area contributed by atoms with Crippen LogP contribution in [-0.2, 0) is 9.84 Å². The van der Waals surface area contributed by atoms with E-state index in [1.807, 2.05) is 13.8 Å². The average Bonchev–Trinajstić information content (AvgIpc) is 2.67. The quantitative estimate of drug-likeness (QED) is 0.837. The van der Waals surface area contributed by atoms with E-state index in [0.29, 0.717) is 10.8 Å². The molecule has 0 fully saturated rings. The van der Waals surface area contributed by atoms with Gasteiger partial charge in [-0.1, -0.05) is 11.6 Å². The third-order valence-corrected chi connectivity index (χ3v) is 4.92. The van der Waals surface area contributed by atoms with Gasteiger partial charge in [0, 0.05) is 11.8 Å². The van der Waals surface area contributed by atoms with Crippen molar-refractivity contribution in [3.8, 4) is 0 Å². The summed E-state index contributed by atoms with van der Waals surface area (Å²) in [6.07, 6.45) is 1.15. The number of hydrogen-bond donors (Lipinski definition) is 0. The predicted octanol–water partition coefficient (Wildman–Crippen LogP) is 1.50. The Morgan fingerprint density at radius 1 is 1.22 bits per heavy atom. The molecular weight excluding hydrogens is 276 g/mol. The van der Waals surface area contributed by atoms with Crippen molar-refractivity contribution in [3.63, 3.8) is 0 Å². The van der Waals surface area contributed by atoms with Gasteiger partial charge in [0.1, 0.15) is 5.25 Å². The van der Waals surface area contributed by atoms with E-state index in [9.17, 15) is 8.42 Å². The monoisotopic (exact) mass is 288 g/mol. The van der Waals surface area contributed by atoms with Crippen LogP contribution in [0.2, 0.25) is 5.15 Å². The molecular formula is C10H13ClN4O2S. The van der Waals surface area contributed by atoms with Gasteiger partial charge in [0.15, 0.2) is 26.5 Å². The second-order valence-corrected chi connectivity index (χ2v) is 7.03. The first-order valence-corrected chi connectivity index (χ1v) is 7.63. The van der Waals surface area contributed by atoms with Gasteiger partial charge in [-0.05, 0) is 26.3 Å². The van der Waals surface area contributed by atoms with Crippen LogP contribution in [0.3, 0.4) is 0 Å². The molecule has 0 N–H and O–H groups in total. The lowest BCUT2D eigenvalue weighted by Gasteiger charge is -2.08. The SMILES string of the molecule is Cc1c(Cl)nn2c(C(C)S(C)(=O)=O)nnc2c1C. The highest BCUT2D eigenvalue weighted by molar-refractivity contribution is 7.90. The number of nitrogens with zero attached hydrogens (tertiary/aromatic N) is 4. The zero-order valence-corrected chi connectivity index (χ0v) is 12.0. The molecule has 0 aliphatic carbocycles. The van der Waals surface area contributed by atoms with E-state index in [2.05, 4.69) is 15.3 Å². The van der Waals surface area contributed by atoms with Gasteiger partial charge in [-0.15, -0.1) is 10.2 Å². The summed E-state index contributed by atoms with van der Waals surface area (Å²) in [6.45, 7) is 5.23. The minimum atomic E-state index is -3.26. The Labute approximate surface area is 110 Å². The lowest BCUT2D eigenvalue weighted by Crippen LogP contribution is -2.13. The summed E-state index contributed by atoms with van der Waals surface area (Å²) >= 11 is 6.00. The first kappa shape index (κ1) is 13.2. The lowest BCUT2D eigenvalue weighted by atomic mass is 10.2. The molecule has 1 unspecified atom stereocenters. The van der Waals surface area contributed by atoms with Crippen LogP contribution < -0.4 is 0 Å². The number of fused-ring (bicyclic) bond motifs is 1. The van der Waals surface area contributed by atoms with E-state index in [1.54, 1.807) is 6.92 Å². The summed E-state index contributed by atoms with van der Waals surface area (Å²) in [5.74, 6) is 0.275. The molecule has 0 amide bonds. The highest BCUT2D eigenvalue weighted by Crippen LogP contribution is 2.24. The Bertz CT molecular complexity index is 723. The molecule has 2 rings (SSSR count). The molecule has 8 heteroatoms. The van der Waals surface area contributed by atoms with Crippen molar-refractivity contribution in [1.82, 2.24) is 19.8 Å². The molecule has 0 aliphatic rings. The van der Waals surface area contributed by atoms with Crippen LogP contribution in [-0.4, -0.2) is 34.5 Å². The maximum atomic E-state index is 11.6. The van der Waals surface area contributed by atoms with Crippen molar-refractivity contribution in [3.05, 3.63) is 22.1 Å². The molecule has 2 aromatic rings. The zero-order valence-electron chi connectivity index (χ0n) is 10.5. The Balaban J connectivity index is 2.77. The summed E-state index contributed by atoms with van der Waals surface area (Å²) in [4.78, 5) is 0. The topological polar surface area (TPSA) is 77.2 Å². The van der Waals surface area contributed by atoms with Gasteiger partial charge in [-0.2, -0.15) is 9.61 Å². The van der Waals surface area contributed by atoms with Crippen molar-refractivity contribution >= 4 is 27.1 Å². The first-order valence-electron chi connectivity index (χ1n) is 5.30. The standard InChI is InChI=1S/C10H13ClN4O2S/c1-5-6(2)9-12-13-10(7(3)18(4,16)17)15(9)14-8(5)11/h7H,1-4H3. The Kier molecular flexibility index (Phi) is 3.06. The van der Waals surface area contributed by atoms with E-state index in [0.717, 1.165) is 17.4 Å². The van der Waals surface area contributed by atoms with E-state index >= 15 is 0 Å². The molecule has 2 aromatic heterocycles. The van der Waals surface area contributed by atoms with Gasteiger partial charge >= 0.3 is 0 Å². The van der Waals surface area contributed by atoms with Crippen LogP contribution >= 0.6 is 11.6 Å². The fraction of sp³-hybridized carbons (Fsp3) is 0.500. The smallest absolute Gasteiger partial charge is 0.181 e. The Morgan fingerprint density at radius 3 is 2.39 bits per heavy atom. The summed E-state index contributed by atoms with van der Waals surface area (Å²) in [7, 11) is -3.26. The number of rotatable bonds is 2. The summed E-state index contributed by atoms with van der Waals surface area (Å²) in [5.41, 5.74) is 2.19. The summed E-state index contributed by atoms with van der Waals surface area (Å²) < 4.78 is 24.5. The van der Waals surface area contributed by atoms with Crippen LogP contribution in [0.1, 0.15) is 29.1 Å². The van der Waals surface area contributed by atoms with Crippen molar-refractivity contribution in [2.45, 2.75) is 26.0 Å². The Morgan fingerprint density at radius 2 is 1.83 bits per heavy atom. The second-order valence-electron chi connectivity index (χ2n) is 4.31. The fourth-order valence-electron chi connectivity index (χ4n) is 1.55. The molecule has 18 heavy (non-hydrogen) atoms. The molecule has 0 saturated heterocycles. The normalized spacial score (nSPS) is 14.1. The van der Waals surface area contributed by atoms with E-state index in [4.69, 9.17) is 11.6 Å². The van der Waals surface area contributed by atoms with Crippen LogP contribution in [0.5, 0.6) is 0 Å². The lowest BCUT2D eigenvalue weighted by molar-refractivity contribution is 0.587. The molecule has 1 atom stereocenters. The van der Waals surface area contributed by atoms with Crippen LogP contribution in [0, 0.1) is 13.8 Å². The van der Waals surface area contributed by atoms with Gasteiger partial charge in [0.2, 0.25) is 0 Å². The molecule has 0 aliphatic heterocycles. The van der Waals surface area contributed by atoms with Crippen LogP contribution in [0.15, 0.2) is 0 Å². The zero-order chi connectivity index (χ0) is 13.7. The van der Waals surface area contributed by atoms with Gasteiger partial charge in [0.05, 0.1) is 0 Å². The predicted molar refractivity (Wildman–Crippen MR) is 68.5 cm³/mol. The molecule has 6 nitrogen and oxygen atoms in total. The van der Waals surface area contributed by atoms with Gasteiger partial charge < -0.3 is 0 Å². The minimum Gasteiger partial charge on any atom is -0.228 e. The van der Waals surface area contributed by atoms with Crippen LogP contribution in [0.4, 0.5) is 0 Å². The minimum absolute atomic E-state index is 0.275. The molecule has 98 valence electrons. The number of aryl methyl sites for hydroxylation is 1. The van der Waals surface area contributed by atoms with Gasteiger partial charge in [-0.3, -0.25) is 0 Å². The maximum Gasteiger partial charge on any atom is 0.181 e. The largest absolute Gasteiger partial charge is 0.228 e. The van der Waals surface area contributed by atoms with Gasteiger partial charge in [0.25, 0.3) is 0 Å². The molecule has 0 aromatic carbocycles. The molecule has 0 saturated carbocycles. The number of hydrogen-bond acceptors (Lipinski definition) is 5. The van der Waals surface area contributed by atoms with Gasteiger partial charge in [-0.25, -0.2) is 8.42 Å². The van der Waals surface area contributed by atoms with Crippen molar-refractivity contribution in [1.29, 1.82) is 0 Å². The maximum absolute atomic E-state index is 11.6. The number of halogens is 1. The fourth-order valence-corrected chi connectivity index (χ4v) is 2.30. The summed E-state index contributed by atoms with van der Waals surface area (Å²) in [5, 5.41) is 11.6. The second kappa shape index (κ2) is 4.17. The van der Waals surface area contributed by atoms with Crippen LogP contribution in [0.25, 0.3) is 5.65 Å². The van der Waals surface area contributed by atoms with Crippen molar-refractivity contribution < 1.29 is 8.42 Å².